The second-order valence-corrected chi connectivity index (χ2v) is 10.2. The number of carbonyl (C=O) groups is 3. The smallest absolute Gasteiger partial charge is 0.351 e. The summed E-state index contributed by atoms with van der Waals surface area (Å²) in [6.07, 6.45) is 7.55. The summed E-state index contributed by atoms with van der Waals surface area (Å²) < 4.78 is 11.2. The predicted molar refractivity (Wildman–Crippen MR) is 114 cm³/mol. The van der Waals surface area contributed by atoms with Crippen molar-refractivity contribution < 1.29 is 29.0 Å². The lowest BCUT2D eigenvalue weighted by atomic mass is 9.46. The molecule has 7 heteroatoms. The maximum Gasteiger partial charge on any atom is 0.351 e. The first-order valence-corrected chi connectivity index (χ1v) is 11.7. The van der Waals surface area contributed by atoms with Crippen LogP contribution in [0, 0.1) is 28.6 Å². The average molecular weight is 451 g/mol. The summed E-state index contributed by atoms with van der Waals surface area (Å²) in [6, 6.07) is 0. The molecule has 0 amide bonds. The summed E-state index contributed by atoms with van der Waals surface area (Å²) in [6.45, 7) is 5.96. The fourth-order valence-electron chi connectivity index (χ4n) is 7.33. The minimum atomic E-state index is -1.44. The summed E-state index contributed by atoms with van der Waals surface area (Å²) in [5.41, 5.74) is -1.51. The van der Waals surface area contributed by atoms with Gasteiger partial charge >= 0.3 is 11.9 Å². The number of fused-ring (bicyclic) bond motifs is 5. The van der Waals surface area contributed by atoms with Crippen LogP contribution < -0.4 is 0 Å². The number of hydrogen-bond donors (Lipinski definition) is 1. The topological polar surface area (TPSA) is 89.9 Å². The SMILES string of the molecule is CCOC(=O)[C@@]1(OC(=O)CCl)CC[C@H]2[C@@H]3CCC4=CC(=O)C=C[C@]4(C)[C@H]3[C@@H](O)C[C@@]21C. The van der Waals surface area contributed by atoms with Gasteiger partial charge in [-0.25, -0.2) is 4.79 Å². The fourth-order valence-corrected chi connectivity index (χ4v) is 7.38. The van der Waals surface area contributed by atoms with Gasteiger partial charge in [0.2, 0.25) is 5.60 Å². The zero-order chi connectivity index (χ0) is 22.6. The molecule has 0 unspecified atom stereocenters. The largest absolute Gasteiger partial charge is 0.463 e. The molecule has 0 radical (unpaired) electrons. The second kappa shape index (κ2) is 7.73. The fraction of sp³-hybridized carbons (Fsp3) is 0.708. The number of aliphatic hydroxyl groups is 1. The van der Waals surface area contributed by atoms with Crippen molar-refractivity contribution >= 4 is 29.3 Å². The number of rotatable bonds is 4. The Morgan fingerprint density at radius 3 is 2.71 bits per heavy atom. The number of aliphatic hydroxyl groups excluding tert-OH is 1. The van der Waals surface area contributed by atoms with Crippen LogP contribution in [0.3, 0.4) is 0 Å². The van der Waals surface area contributed by atoms with Gasteiger partial charge in [-0.2, -0.15) is 0 Å². The maximum absolute atomic E-state index is 13.2. The molecule has 0 aromatic heterocycles. The minimum absolute atomic E-state index is 0.00348. The standard InChI is InChI=1S/C24H31ClO6/c1-4-30-21(29)24(31-19(28)13-25)10-8-17-16-6-5-14-11-15(26)7-9-22(14,2)20(16)18(27)12-23(17,24)3/h7,9,11,16-18,20,27H,4-6,8,10,12-13H2,1-3H3/t16-,17-,18-,20+,22-,23-,24-/m0/s1. The van der Waals surface area contributed by atoms with Crippen molar-refractivity contribution in [1.82, 2.24) is 0 Å². The second-order valence-electron chi connectivity index (χ2n) is 9.91. The van der Waals surface area contributed by atoms with Crippen molar-refractivity contribution in [3.8, 4) is 0 Å². The van der Waals surface area contributed by atoms with Crippen molar-refractivity contribution in [2.24, 2.45) is 28.6 Å². The van der Waals surface area contributed by atoms with E-state index in [1.54, 1.807) is 19.1 Å². The molecule has 0 saturated heterocycles. The van der Waals surface area contributed by atoms with Crippen molar-refractivity contribution in [3.63, 3.8) is 0 Å². The van der Waals surface area contributed by atoms with Gasteiger partial charge in [0.1, 0.15) is 5.88 Å². The summed E-state index contributed by atoms with van der Waals surface area (Å²) in [4.78, 5) is 37.4. The summed E-state index contributed by atoms with van der Waals surface area (Å²) >= 11 is 5.72. The number of ketones is 1. The number of alkyl halides is 1. The Morgan fingerprint density at radius 2 is 2.03 bits per heavy atom. The quantitative estimate of drug-likeness (QED) is 0.521. The molecule has 1 N–H and O–H groups in total. The lowest BCUT2D eigenvalue weighted by Crippen LogP contribution is -2.63. The van der Waals surface area contributed by atoms with Gasteiger partial charge in [-0.05, 0) is 63.0 Å². The van der Waals surface area contributed by atoms with Gasteiger partial charge in [-0.1, -0.05) is 25.5 Å². The molecule has 7 atom stereocenters. The molecule has 0 spiro atoms. The zero-order valence-corrected chi connectivity index (χ0v) is 19.1. The van der Waals surface area contributed by atoms with Gasteiger partial charge in [-0.15, -0.1) is 11.6 Å². The molecule has 4 aliphatic rings. The van der Waals surface area contributed by atoms with Crippen LogP contribution in [-0.4, -0.2) is 47.0 Å². The highest BCUT2D eigenvalue weighted by Crippen LogP contribution is 2.67. The van der Waals surface area contributed by atoms with E-state index in [0.717, 1.165) is 18.4 Å². The monoisotopic (exact) mass is 450 g/mol. The van der Waals surface area contributed by atoms with E-state index in [4.69, 9.17) is 21.1 Å². The van der Waals surface area contributed by atoms with Crippen LogP contribution in [0.2, 0.25) is 0 Å². The van der Waals surface area contributed by atoms with Gasteiger partial charge in [0, 0.05) is 16.7 Å². The average Bonchev–Trinajstić information content (AvgIpc) is 3.01. The highest BCUT2D eigenvalue weighted by molar-refractivity contribution is 6.26. The Hall–Kier alpha value is -1.66. The van der Waals surface area contributed by atoms with Gasteiger partial charge in [0.05, 0.1) is 12.7 Å². The molecule has 170 valence electrons. The first-order chi connectivity index (χ1) is 14.6. The lowest BCUT2D eigenvalue weighted by Gasteiger charge is -2.59. The third-order valence-corrected chi connectivity index (χ3v) is 8.84. The Bertz CT molecular complexity index is 864. The predicted octanol–water partition coefficient (Wildman–Crippen LogP) is 3.35. The minimum Gasteiger partial charge on any atom is -0.463 e. The summed E-state index contributed by atoms with van der Waals surface area (Å²) in [7, 11) is 0. The van der Waals surface area contributed by atoms with Crippen LogP contribution in [0.15, 0.2) is 23.8 Å². The number of carbonyl (C=O) groups excluding carboxylic acids is 3. The Labute approximate surface area is 188 Å². The van der Waals surface area contributed by atoms with Gasteiger partial charge in [0.15, 0.2) is 5.78 Å². The van der Waals surface area contributed by atoms with E-state index < -0.39 is 29.1 Å². The number of ether oxygens (including phenoxy) is 2. The Kier molecular flexibility index (Phi) is 5.62. The zero-order valence-electron chi connectivity index (χ0n) is 18.4. The van der Waals surface area contributed by atoms with E-state index >= 15 is 0 Å². The highest BCUT2D eigenvalue weighted by Gasteiger charge is 2.71. The van der Waals surface area contributed by atoms with Crippen LogP contribution in [0.1, 0.15) is 52.9 Å². The summed E-state index contributed by atoms with van der Waals surface area (Å²) in [5, 5.41) is 11.5. The Balaban J connectivity index is 1.75. The number of halogens is 1. The number of allylic oxidation sites excluding steroid dienone is 4. The van der Waals surface area contributed by atoms with Gasteiger partial charge in [0.25, 0.3) is 0 Å². The molecule has 0 aliphatic heterocycles. The van der Waals surface area contributed by atoms with E-state index in [2.05, 4.69) is 6.92 Å². The van der Waals surface area contributed by atoms with Crippen molar-refractivity contribution in [2.45, 2.75) is 64.6 Å². The first kappa shape index (κ1) is 22.5. The molecule has 6 nitrogen and oxygen atoms in total. The molecule has 31 heavy (non-hydrogen) atoms. The van der Waals surface area contributed by atoms with E-state index in [1.165, 1.54) is 0 Å². The van der Waals surface area contributed by atoms with Crippen molar-refractivity contribution in [3.05, 3.63) is 23.8 Å². The molecule has 0 aromatic rings. The van der Waals surface area contributed by atoms with E-state index in [1.807, 2.05) is 13.0 Å². The first-order valence-electron chi connectivity index (χ1n) is 11.2. The third kappa shape index (κ3) is 3.12. The Morgan fingerprint density at radius 1 is 1.29 bits per heavy atom. The molecule has 3 fully saturated rings. The highest BCUT2D eigenvalue weighted by atomic mass is 35.5. The molecule has 0 bridgehead atoms. The summed E-state index contributed by atoms with van der Waals surface area (Å²) in [5.74, 6) is -1.38. The van der Waals surface area contributed by atoms with E-state index in [-0.39, 0.29) is 41.4 Å². The maximum atomic E-state index is 13.2. The van der Waals surface area contributed by atoms with Gasteiger partial charge in [-0.3, -0.25) is 9.59 Å². The number of esters is 2. The van der Waals surface area contributed by atoms with Crippen LogP contribution in [-0.2, 0) is 23.9 Å². The van der Waals surface area contributed by atoms with Crippen molar-refractivity contribution in [1.29, 1.82) is 0 Å². The lowest BCUT2D eigenvalue weighted by molar-refractivity contribution is -0.211. The molecule has 0 heterocycles. The van der Waals surface area contributed by atoms with E-state index in [0.29, 0.717) is 19.3 Å². The van der Waals surface area contributed by atoms with Gasteiger partial charge < -0.3 is 14.6 Å². The molecule has 4 rings (SSSR count). The van der Waals surface area contributed by atoms with Crippen LogP contribution in [0.4, 0.5) is 0 Å². The van der Waals surface area contributed by atoms with E-state index in [9.17, 15) is 19.5 Å². The number of hydrogen-bond acceptors (Lipinski definition) is 6. The van der Waals surface area contributed by atoms with Crippen molar-refractivity contribution in [2.75, 3.05) is 12.5 Å². The molecular formula is C24H31ClO6. The molecular weight excluding hydrogens is 420 g/mol. The van der Waals surface area contributed by atoms with Crippen LogP contribution in [0.25, 0.3) is 0 Å². The van der Waals surface area contributed by atoms with Crippen LogP contribution >= 0.6 is 11.6 Å². The molecule has 3 saturated carbocycles. The normalized spacial score (nSPS) is 43.4. The van der Waals surface area contributed by atoms with Crippen LogP contribution in [0.5, 0.6) is 0 Å². The molecule has 4 aliphatic carbocycles. The third-order valence-electron chi connectivity index (χ3n) is 8.62. The molecule has 0 aromatic carbocycles.